The van der Waals surface area contributed by atoms with E-state index in [0.717, 1.165) is 23.9 Å². The zero-order chi connectivity index (χ0) is 14.1. The molecule has 20 heavy (non-hydrogen) atoms. The number of hydrogen-bond donors (Lipinski definition) is 1. The van der Waals surface area contributed by atoms with Crippen molar-refractivity contribution >= 4 is 0 Å². The molecule has 0 amide bonds. The van der Waals surface area contributed by atoms with Crippen molar-refractivity contribution in [2.24, 2.45) is 11.8 Å². The first-order valence-corrected chi connectivity index (χ1v) is 8.83. The van der Waals surface area contributed by atoms with Gasteiger partial charge in [0.15, 0.2) is 0 Å². The summed E-state index contributed by atoms with van der Waals surface area (Å²) in [5.74, 6) is 1.86. The second-order valence-electron chi connectivity index (χ2n) is 7.70. The maximum atomic E-state index is 3.64. The average Bonchev–Trinajstić information content (AvgIpc) is 2.37. The number of likely N-dealkylation sites (tertiary alicyclic amines) is 2. The summed E-state index contributed by atoms with van der Waals surface area (Å²) in [6.45, 7) is 9.79. The van der Waals surface area contributed by atoms with Crippen LogP contribution in [-0.2, 0) is 0 Å². The standard InChI is InChI=1S/C17H33N3/c1-13(2)18-11-14-6-7-17(14)20-10-8-16-15(12-20)5-4-9-19(16)3/h13-18H,4-12H2,1-3H3. The molecular weight excluding hydrogens is 246 g/mol. The number of fused-ring (bicyclic) bond motifs is 1. The highest BCUT2D eigenvalue weighted by Crippen LogP contribution is 2.37. The Hall–Kier alpha value is -0.120. The molecule has 2 aliphatic heterocycles. The Morgan fingerprint density at radius 2 is 1.90 bits per heavy atom. The van der Waals surface area contributed by atoms with Gasteiger partial charge in [0.05, 0.1) is 0 Å². The monoisotopic (exact) mass is 279 g/mol. The minimum atomic E-state index is 0.633. The van der Waals surface area contributed by atoms with Gasteiger partial charge in [-0.2, -0.15) is 0 Å². The van der Waals surface area contributed by atoms with E-state index in [2.05, 4.69) is 36.0 Å². The van der Waals surface area contributed by atoms with Crippen LogP contribution in [0, 0.1) is 11.8 Å². The normalized spacial score (nSPS) is 39.6. The Bertz CT molecular complexity index is 317. The van der Waals surface area contributed by atoms with Crippen LogP contribution >= 0.6 is 0 Å². The molecule has 0 spiro atoms. The van der Waals surface area contributed by atoms with Gasteiger partial charge in [0, 0.05) is 24.7 Å². The predicted molar refractivity (Wildman–Crippen MR) is 85.0 cm³/mol. The van der Waals surface area contributed by atoms with Crippen LogP contribution in [0.3, 0.4) is 0 Å². The molecule has 116 valence electrons. The Morgan fingerprint density at radius 3 is 2.60 bits per heavy atom. The van der Waals surface area contributed by atoms with Crippen molar-refractivity contribution in [3.63, 3.8) is 0 Å². The summed E-state index contributed by atoms with van der Waals surface area (Å²) in [6, 6.07) is 2.40. The number of nitrogens with one attached hydrogen (secondary N) is 1. The van der Waals surface area contributed by atoms with Crippen LogP contribution < -0.4 is 5.32 Å². The van der Waals surface area contributed by atoms with Crippen LogP contribution in [0.4, 0.5) is 0 Å². The number of nitrogens with zero attached hydrogens (tertiary/aromatic N) is 2. The van der Waals surface area contributed by atoms with Gasteiger partial charge in [0.25, 0.3) is 0 Å². The first-order chi connectivity index (χ1) is 9.65. The highest BCUT2D eigenvalue weighted by molar-refractivity contribution is 4.96. The van der Waals surface area contributed by atoms with E-state index >= 15 is 0 Å². The van der Waals surface area contributed by atoms with Crippen LogP contribution in [0.5, 0.6) is 0 Å². The molecule has 3 nitrogen and oxygen atoms in total. The van der Waals surface area contributed by atoms with Crippen molar-refractivity contribution < 1.29 is 0 Å². The van der Waals surface area contributed by atoms with Crippen molar-refractivity contribution in [1.29, 1.82) is 0 Å². The van der Waals surface area contributed by atoms with Gasteiger partial charge in [-0.15, -0.1) is 0 Å². The molecule has 3 heteroatoms. The van der Waals surface area contributed by atoms with Crippen molar-refractivity contribution in [1.82, 2.24) is 15.1 Å². The van der Waals surface area contributed by atoms with Crippen molar-refractivity contribution in [3.05, 3.63) is 0 Å². The third kappa shape index (κ3) is 3.05. The van der Waals surface area contributed by atoms with Gasteiger partial charge < -0.3 is 10.2 Å². The largest absolute Gasteiger partial charge is 0.314 e. The van der Waals surface area contributed by atoms with Crippen LogP contribution in [-0.4, -0.2) is 61.2 Å². The summed E-state index contributed by atoms with van der Waals surface area (Å²) in [6.07, 6.45) is 7.16. The smallest absolute Gasteiger partial charge is 0.0145 e. The third-order valence-corrected chi connectivity index (χ3v) is 6.01. The fraction of sp³-hybridized carbons (Fsp3) is 1.00. The Balaban J connectivity index is 1.51. The first-order valence-electron chi connectivity index (χ1n) is 8.83. The van der Waals surface area contributed by atoms with E-state index in [0.29, 0.717) is 6.04 Å². The molecule has 4 unspecified atom stereocenters. The van der Waals surface area contributed by atoms with Gasteiger partial charge in [-0.25, -0.2) is 0 Å². The molecule has 3 aliphatic rings. The Kier molecular flexibility index (Phi) is 4.68. The topological polar surface area (TPSA) is 18.5 Å². The molecule has 3 fully saturated rings. The molecule has 0 aromatic carbocycles. The van der Waals surface area contributed by atoms with Crippen molar-refractivity contribution in [3.8, 4) is 0 Å². The molecule has 2 heterocycles. The van der Waals surface area contributed by atoms with Gasteiger partial charge in [-0.3, -0.25) is 4.90 Å². The fourth-order valence-electron chi connectivity index (χ4n) is 4.64. The third-order valence-electron chi connectivity index (χ3n) is 6.01. The zero-order valence-electron chi connectivity index (χ0n) is 13.6. The van der Waals surface area contributed by atoms with E-state index in [-0.39, 0.29) is 0 Å². The highest BCUT2D eigenvalue weighted by Gasteiger charge is 2.41. The van der Waals surface area contributed by atoms with E-state index in [9.17, 15) is 0 Å². The molecule has 1 N–H and O–H groups in total. The second kappa shape index (κ2) is 6.33. The quantitative estimate of drug-likeness (QED) is 0.851. The van der Waals surface area contributed by atoms with Crippen LogP contribution in [0.2, 0.25) is 0 Å². The van der Waals surface area contributed by atoms with Gasteiger partial charge in [-0.05, 0) is 70.6 Å². The Labute approximate surface area is 125 Å². The van der Waals surface area contributed by atoms with Crippen LogP contribution in [0.1, 0.15) is 46.0 Å². The van der Waals surface area contributed by atoms with E-state index in [4.69, 9.17) is 0 Å². The summed E-state index contributed by atoms with van der Waals surface area (Å²) in [7, 11) is 2.34. The number of rotatable bonds is 4. The molecule has 0 bridgehead atoms. The van der Waals surface area contributed by atoms with Crippen molar-refractivity contribution in [2.75, 3.05) is 33.2 Å². The minimum Gasteiger partial charge on any atom is -0.314 e. The van der Waals surface area contributed by atoms with Gasteiger partial charge in [-0.1, -0.05) is 13.8 Å². The lowest BCUT2D eigenvalue weighted by molar-refractivity contribution is -0.0203. The molecule has 0 radical (unpaired) electrons. The lowest BCUT2D eigenvalue weighted by atomic mass is 9.75. The van der Waals surface area contributed by atoms with E-state index in [1.807, 2.05) is 0 Å². The molecule has 0 aromatic heterocycles. The number of hydrogen-bond acceptors (Lipinski definition) is 3. The fourth-order valence-corrected chi connectivity index (χ4v) is 4.64. The summed E-state index contributed by atoms with van der Waals surface area (Å²) in [5.41, 5.74) is 0. The molecular formula is C17H33N3. The van der Waals surface area contributed by atoms with E-state index in [1.54, 1.807) is 0 Å². The maximum absolute atomic E-state index is 3.64. The molecule has 3 rings (SSSR count). The average molecular weight is 279 g/mol. The minimum absolute atomic E-state index is 0.633. The summed E-state index contributed by atoms with van der Waals surface area (Å²) >= 11 is 0. The van der Waals surface area contributed by atoms with Gasteiger partial charge in [0.1, 0.15) is 0 Å². The molecule has 2 saturated heterocycles. The molecule has 1 aliphatic carbocycles. The lowest BCUT2D eigenvalue weighted by Gasteiger charge is -2.52. The predicted octanol–water partition coefficient (Wildman–Crippen LogP) is 2.18. The van der Waals surface area contributed by atoms with E-state index < -0.39 is 0 Å². The molecule has 1 saturated carbocycles. The lowest BCUT2D eigenvalue weighted by Crippen LogP contribution is -2.59. The summed E-state index contributed by atoms with van der Waals surface area (Å²) in [5, 5.41) is 3.64. The van der Waals surface area contributed by atoms with Crippen molar-refractivity contribution in [2.45, 2.75) is 64.1 Å². The highest BCUT2D eigenvalue weighted by atomic mass is 15.2. The maximum Gasteiger partial charge on any atom is 0.0145 e. The molecule has 4 atom stereocenters. The SMILES string of the molecule is CC(C)NCC1CCC1N1CCC2C(CCCN2C)C1. The summed E-state index contributed by atoms with van der Waals surface area (Å²) < 4.78 is 0. The zero-order valence-corrected chi connectivity index (χ0v) is 13.6. The van der Waals surface area contributed by atoms with Gasteiger partial charge >= 0.3 is 0 Å². The van der Waals surface area contributed by atoms with Crippen LogP contribution in [0.15, 0.2) is 0 Å². The number of piperidine rings is 2. The van der Waals surface area contributed by atoms with Crippen LogP contribution in [0.25, 0.3) is 0 Å². The molecule has 0 aromatic rings. The van der Waals surface area contributed by atoms with E-state index in [1.165, 1.54) is 58.3 Å². The first kappa shape index (κ1) is 14.8. The van der Waals surface area contributed by atoms with Gasteiger partial charge in [0.2, 0.25) is 0 Å². The summed E-state index contributed by atoms with van der Waals surface area (Å²) in [4.78, 5) is 5.47. The Morgan fingerprint density at radius 1 is 1.05 bits per heavy atom. The second-order valence-corrected chi connectivity index (χ2v) is 7.70.